The third kappa shape index (κ3) is 2.80. The maximum absolute atomic E-state index is 5.75. The van der Waals surface area contributed by atoms with Crippen molar-refractivity contribution in [2.45, 2.75) is 19.8 Å². The van der Waals surface area contributed by atoms with Crippen LogP contribution in [0.4, 0.5) is 11.6 Å². The van der Waals surface area contributed by atoms with Gasteiger partial charge in [0.05, 0.1) is 12.2 Å². The van der Waals surface area contributed by atoms with Gasteiger partial charge in [-0.2, -0.15) is 4.98 Å². The molecule has 0 aliphatic carbocycles. The van der Waals surface area contributed by atoms with Gasteiger partial charge in [-0.1, -0.05) is 31.2 Å². The predicted molar refractivity (Wildman–Crippen MR) is 93.6 cm³/mol. The Morgan fingerprint density at radius 2 is 2.04 bits per heavy atom. The molecule has 0 spiro atoms. The molecule has 0 saturated heterocycles. The average Bonchev–Trinajstić information content (AvgIpc) is 3.11. The van der Waals surface area contributed by atoms with Gasteiger partial charge in [0.2, 0.25) is 5.95 Å². The molecule has 0 bridgehead atoms. The molecule has 5 heteroatoms. The van der Waals surface area contributed by atoms with Crippen LogP contribution in [0.3, 0.4) is 0 Å². The highest BCUT2D eigenvalue weighted by Crippen LogP contribution is 2.35. The summed E-state index contributed by atoms with van der Waals surface area (Å²) in [5.41, 5.74) is 4.36. The Hall–Kier alpha value is -2.95. The summed E-state index contributed by atoms with van der Waals surface area (Å²) in [4.78, 5) is 13.1. The molecular weight excluding hydrogens is 300 g/mol. The number of nitrogens with zero attached hydrogens (tertiary/aromatic N) is 3. The van der Waals surface area contributed by atoms with E-state index in [1.54, 1.807) is 0 Å². The summed E-state index contributed by atoms with van der Waals surface area (Å²) < 4.78 is 5.75. The van der Waals surface area contributed by atoms with Crippen LogP contribution >= 0.6 is 0 Å². The number of aromatic nitrogens is 3. The second-order valence-corrected chi connectivity index (χ2v) is 5.70. The summed E-state index contributed by atoms with van der Waals surface area (Å²) in [5.74, 6) is 2.05. The highest BCUT2D eigenvalue weighted by molar-refractivity contribution is 5.68. The number of ether oxygens (including phenoxy) is 1. The number of nitrogens with one attached hydrogen (secondary N) is 1. The minimum atomic E-state index is 0.531. The number of rotatable bonds is 4. The van der Waals surface area contributed by atoms with E-state index in [4.69, 9.17) is 4.74 Å². The van der Waals surface area contributed by atoms with E-state index in [1.165, 1.54) is 17.5 Å². The Bertz CT molecular complexity index is 879. The first-order valence-electron chi connectivity index (χ1n) is 8.13. The predicted octanol–water partition coefficient (Wildman–Crippen LogP) is 3.78. The molecule has 0 saturated carbocycles. The van der Waals surface area contributed by atoms with Crippen LogP contribution in [0.2, 0.25) is 0 Å². The van der Waals surface area contributed by atoms with Crippen LogP contribution in [0.25, 0.3) is 11.4 Å². The van der Waals surface area contributed by atoms with Crippen LogP contribution < -0.4 is 10.1 Å². The Morgan fingerprint density at radius 3 is 2.96 bits per heavy atom. The molecule has 1 aromatic heterocycles. The number of fused-ring (bicyclic) bond motifs is 1. The van der Waals surface area contributed by atoms with Gasteiger partial charge in [-0.3, -0.25) is 0 Å². The second kappa shape index (κ2) is 6.28. The minimum absolute atomic E-state index is 0.531. The number of anilines is 2. The molecule has 0 fully saturated rings. The number of hydrogen-bond donors (Lipinski definition) is 1. The lowest BCUT2D eigenvalue weighted by molar-refractivity contribution is 0.358. The van der Waals surface area contributed by atoms with E-state index in [1.807, 2.05) is 24.3 Å². The van der Waals surface area contributed by atoms with Crippen LogP contribution in [-0.4, -0.2) is 21.6 Å². The Balaban J connectivity index is 1.66. The van der Waals surface area contributed by atoms with Crippen molar-refractivity contribution < 1.29 is 4.74 Å². The first-order valence-corrected chi connectivity index (χ1v) is 8.13. The fourth-order valence-electron chi connectivity index (χ4n) is 2.88. The number of para-hydroxylation sites is 1. The highest BCUT2D eigenvalue weighted by atomic mass is 16.5. The van der Waals surface area contributed by atoms with Crippen molar-refractivity contribution in [3.63, 3.8) is 0 Å². The Kier molecular flexibility index (Phi) is 3.83. The van der Waals surface area contributed by atoms with E-state index >= 15 is 0 Å². The van der Waals surface area contributed by atoms with Gasteiger partial charge in [-0.15, -0.1) is 0 Å². The van der Waals surface area contributed by atoms with Crippen molar-refractivity contribution in [2.24, 2.45) is 0 Å². The molecule has 0 amide bonds. The van der Waals surface area contributed by atoms with Crippen LogP contribution in [-0.2, 0) is 12.8 Å². The molecule has 24 heavy (non-hydrogen) atoms. The lowest BCUT2D eigenvalue weighted by Gasteiger charge is -2.09. The zero-order valence-electron chi connectivity index (χ0n) is 13.5. The normalized spacial score (nSPS) is 12.5. The maximum Gasteiger partial charge on any atom is 0.230 e. The number of hydrogen-bond acceptors (Lipinski definition) is 5. The van der Waals surface area contributed by atoms with Gasteiger partial charge in [0.1, 0.15) is 12.1 Å². The summed E-state index contributed by atoms with van der Waals surface area (Å²) in [5, 5.41) is 3.25. The van der Waals surface area contributed by atoms with Gasteiger partial charge in [0.25, 0.3) is 0 Å². The summed E-state index contributed by atoms with van der Waals surface area (Å²) >= 11 is 0. The first kappa shape index (κ1) is 14.6. The van der Waals surface area contributed by atoms with E-state index in [-0.39, 0.29) is 0 Å². The molecule has 4 rings (SSSR count). The summed E-state index contributed by atoms with van der Waals surface area (Å²) in [7, 11) is 0. The number of benzene rings is 2. The third-order valence-corrected chi connectivity index (χ3v) is 4.12. The van der Waals surface area contributed by atoms with Gasteiger partial charge >= 0.3 is 0 Å². The SMILES string of the molecule is CCc1cccc(Nc2ncnc(-c3cccc4c3OCC4)n2)c1. The molecule has 2 aromatic carbocycles. The zero-order chi connectivity index (χ0) is 16.4. The van der Waals surface area contributed by atoms with Crippen LogP contribution in [0.5, 0.6) is 5.75 Å². The van der Waals surface area contributed by atoms with Gasteiger partial charge in [0, 0.05) is 12.1 Å². The van der Waals surface area contributed by atoms with E-state index in [9.17, 15) is 0 Å². The molecule has 120 valence electrons. The van der Waals surface area contributed by atoms with E-state index < -0.39 is 0 Å². The van der Waals surface area contributed by atoms with Crippen molar-refractivity contribution in [1.29, 1.82) is 0 Å². The molecule has 0 atom stereocenters. The monoisotopic (exact) mass is 318 g/mol. The topological polar surface area (TPSA) is 59.9 Å². The molecule has 1 aliphatic rings. The van der Waals surface area contributed by atoms with Gasteiger partial charge in [-0.25, -0.2) is 9.97 Å². The summed E-state index contributed by atoms with van der Waals surface area (Å²) in [6.45, 7) is 2.85. The molecule has 1 N–H and O–H groups in total. The van der Waals surface area contributed by atoms with Crippen LogP contribution in [0.1, 0.15) is 18.1 Å². The largest absolute Gasteiger partial charge is 0.492 e. The third-order valence-electron chi connectivity index (χ3n) is 4.12. The summed E-state index contributed by atoms with van der Waals surface area (Å²) in [6, 6.07) is 14.3. The Morgan fingerprint density at radius 1 is 1.12 bits per heavy atom. The van der Waals surface area contributed by atoms with Gasteiger partial charge in [0.15, 0.2) is 5.82 Å². The maximum atomic E-state index is 5.75. The molecule has 0 unspecified atom stereocenters. The van der Waals surface area contributed by atoms with Crippen LogP contribution in [0, 0.1) is 0 Å². The summed E-state index contributed by atoms with van der Waals surface area (Å²) in [6.07, 6.45) is 3.46. The molecule has 5 nitrogen and oxygen atoms in total. The minimum Gasteiger partial charge on any atom is -0.492 e. The van der Waals surface area contributed by atoms with Crippen molar-refractivity contribution in [1.82, 2.24) is 15.0 Å². The molecular formula is C19H18N4O. The lowest BCUT2D eigenvalue weighted by atomic mass is 10.1. The van der Waals surface area contributed by atoms with Crippen LogP contribution in [0.15, 0.2) is 48.8 Å². The molecule has 0 radical (unpaired) electrons. The van der Waals surface area contributed by atoms with Crippen molar-refractivity contribution in [2.75, 3.05) is 11.9 Å². The van der Waals surface area contributed by atoms with Crippen molar-refractivity contribution in [3.05, 3.63) is 59.9 Å². The van der Waals surface area contributed by atoms with Gasteiger partial charge in [-0.05, 0) is 35.7 Å². The molecule has 3 aromatic rings. The highest BCUT2D eigenvalue weighted by Gasteiger charge is 2.18. The second-order valence-electron chi connectivity index (χ2n) is 5.70. The zero-order valence-corrected chi connectivity index (χ0v) is 13.5. The Labute approximate surface area is 140 Å². The van der Waals surface area contributed by atoms with E-state index in [0.717, 1.165) is 29.8 Å². The fourth-order valence-corrected chi connectivity index (χ4v) is 2.88. The quantitative estimate of drug-likeness (QED) is 0.793. The first-order chi connectivity index (χ1) is 11.8. The smallest absolute Gasteiger partial charge is 0.230 e. The average molecular weight is 318 g/mol. The van der Waals surface area contributed by atoms with E-state index in [2.05, 4.69) is 45.4 Å². The molecule has 1 aliphatic heterocycles. The standard InChI is InChI=1S/C19H18N4O/c1-2-13-5-3-7-15(11-13)22-19-21-12-20-18(23-19)16-8-4-6-14-9-10-24-17(14)16/h3-8,11-12H,2,9-10H2,1H3,(H,20,21,22,23). The molecule has 2 heterocycles. The van der Waals surface area contributed by atoms with E-state index in [0.29, 0.717) is 18.4 Å². The number of aryl methyl sites for hydroxylation is 1. The lowest BCUT2D eigenvalue weighted by Crippen LogP contribution is -2.01. The van der Waals surface area contributed by atoms with Gasteiger partial charge < -0.3 is 10.1 Å². The van der Waals surface area contributed by atoms with Crippen molar-refractivity contribution >= 4 is 11.6 Å². The van der Waals surface area contributed by atoms with Crippen molar-refractivity contribution in [3.8, 4) is 17.1 Å². The fraction of sp³-hybridized carbons (Fsp3) is 0.211.